The van der Waals surface area contributed by atoms with E-state index >= 15 is 0 Å². The van der Waals surface area contributed by atoms with Crippen molar-refractivity contribution in [3.05, 3.63) is 0 Å². The summed E-state index contributed by atoms with van der Waals surface area (Å²) >= 11 is 4.97. The summed E-state index contributed by atoms with van der Waals surface area (Å²) in [6.07, 6.45) is 1.45. The lowest BCUT2D eigenvalue weighted by Crippen LogP contribution is -2.58. The average Bonchev–Trinajstić information content (AvgIpc) is 2.47. The number of rotatable bonds is 5. The summed E-state index contributed by atoms with van der Waals surface area (Å²) in [5.41, 5.74) is 0. The number of hydrogen-bond donors (Lipinski definition) is 2. The molecule has 0 unspecified atom stereocenters. The molecular weight excluding hydrogens is 290 g/mol. The Bertz CT molecular complexity index is 448. The van der Waals surface area contributed by atoms with Gasteiger partial charge in [0, 0.05) is 45.5 Å². The van der Waals surface area contributed by atoms with Gasteiger partial charge in [-0.05, 0) is 19.1 Å². The number of thiocarbonyl (C=S) groups is 1. The number of amides is 2. The molecule has 21 heavy (non-hydrogen) atoms. The Morgan fingerprint density at radius 1 is 1.38 bits per heavy atom. The highest BCUT2D eigenvalue weighted by molar-refractivity contribution is 7.80. The maximum Gasteiger partial charge on any atom is 0.246 e. The molecule has 2 aliphatic rings. The van der Waals surface area contributed by atoms with Crippen LogP contribution in [0.5, 0.6) is 0 Å². The average molecular weight is 311 g/mol. The zero-order chi connectivity index (χ0) is 15.2. The molecule has 116 valence electrons. The normalized spacial score (nSPS) is 24.7. The number of carbonyl (C=O) groups is 2. The lowest BCUT2D eigenvalue weighted by molar-refractivity contribution is -0.137. The number of aliphatic imine (C=N–C) groups is 1. The number of piperazine rings is 1. The fourth-order valence-electron chi connectivity index (χ4n) is 2.38. The van der Waals surface area contributed by atoms with Crippen LogP contribution in [0.1, 0.15) is 6.92 Å². The van der Waals surface area contributed by atoms with Crippen LogP contribution in [0.15, 0.2) is 4.99 Å². The molecule has 0 spiro atoms. The second kappa shape index (κ2) is 7.58. The summed E-state index contributed by atoms with van der Waals surface area (Å²) in [6.45, 7) is 7.71. The van der Waals surface area contributed by atoms with Crippen LogP contribution in [0, 0.1) is 5.92 Å². The number of hydrogen-bond acceptors (Lipinski definition) is 6. The molecule has 2 amide bonds. The van der Waals surface area contributed by atoms with Crippen molar-refractivity contribution in [3.8, 4) is 0 Å². The van der Waals surface area contributed by atoms with Crippen molar-refractivity contribution in [2.24, 2.45) is 10.9 Å². The zero-order valence-corrected chi connectivity index (χ0v) is 13.0. The second-order valence-electron chi connectivity index (χ2n) is 5.00. The Kier molecular flexibility index (Phi) is 5.77. The van der Waals surface area contributed by atoms with E-state index in [1.807, 2.05) is 6.92 Å². The van der Waals surface area contributed by atoms with Crippen LogP contribution in [0.4, 0.5) is 0 Å². The van der Waals surface area contributed by atoms with Crippen LogP contribution < -0.4 is 10.6 Å². The predicted octanol–water partition coefficient (Wildman–Crippen LogP) is -1.16. The van der Waals surface area contributed by atoms with E-state index in [0.29, 0.717) is 13.1 Å². The Balaban J connectivity index is 1.85. The second-order valence-corrected chi connectivity index (χ2v) is 5.39. The zero-order valence-electron chi connectivity index (χ0n) is 12.2. The van der Waals surface area contributed by atoms with Crippen molar-refractivity contribution in [2.45, 2.75) is 6.92 Å². The van der Waals surface area contributed by atoms with Gasteiger partial charge in [0.25, 0.3) is 0 Å². The highest BCUT2D eigenvalue weighted by Crippen LogP contribution is 2.08. The predicted molar refractivity (Wildman–Crippen MR) is 84.3 cm³/mol. The quantitative estimate of drug-likeness (QED) is 0.381. The van der Waals surface area contributed by atoms with Crippen molar-refractivity contribution in [1.82, 2.24) is 20.4 Å². The number of carbonyl (C=O) groups excluding carboxylic acids is 2. The molecule has 0 aromatic carbocycles. The lowest BCUT2D eigenvalue weighted by Gasteiger charge is -2.30. The monoisotopic (exact) mass is 311 g/mol. The van der Waals surface area contributed by atoms with Crippen molar-refractivity contribution in [1.29, 1.82) is 0 Å². The molecule has 0 aromatic rings. The first-order valence-electron chi connectivity index (χ1n) is 7.22. The van der Waals surface area contributed by atoms with Gasteiger partial charge in [-0.3, -0.25) is 24.4 Å². The molecule has 2 rings (SSSR count). The molecule has 0 aliphatic carbocycles. The fourth-order valence-corrected chi connectivity index (χ4v) is 2.70. The highest BCUT2D eigenvalue weighted by Gasteiger charge is 2.36. The topological polar surface area (TPSA) is 77.0 Å². The summed E-state index contributed by atoms with van der Waals surface area (Å²) in [6, 6.07) is 0. The van der Waals surface area contributed by atoms with Gasteiger partial charge in [0.2, 0.25) is 11.8 Å². The lowest BCUT2D eigenvalue weighted by atomic mass is 10.1. The molecule has 2 saturated heterocycles. The maximum absolute atomic E-state index is 12.1. The molecule has 2 heterocycles. The van der Waals surface area contributed by atoms with Crippen molar-refractivity contribution in [2.75, 3.05) is 45.8 Å². The van der Waals surface area contributed by atoms with Crippen molar-refractivity contribution >= 4 is 35.4 Å². The van der Waals surface area contributed by atoms with E-state index in [1.54, 1.807) is 0 Å². The minimum atomic E-state index is -0.861. The van der Waals surface area contributed by atoms with Gasteiger partial charge in [-0.1, -0.05) is 0 Å². The van der Waals surface area contributed by atoms with E-state index in [1.165, 1.54) is 11.1 Å². The van der Waals surface area contributed by atoms with E-state index in [4.69, 9.17) is 12.2 Å². The smallest absolute Gasteiger partial charge is 0.246 e. The van der Waals surface area contributed by atoms with Gasteiger partial charge in [0.15, 0.2) is 11.0 Å². The van der Waals surface area contributed by atoms with E-state index < -0.39 is 5.92 Å². The molecule has 0 radical (unpaired) electrons. The first-order valence-corrected chi connectivity index (χ1v) is 7.63. The van der Waals surface area contributed by atoms with Crippen LogP contribution in [-0.4, -0.2) is 78.8 Å². The van der Waals surface area contributed by atoms with Crippen molar-refractivity contribution < 1.29 is 9.59 Å². The van der Waals surface area contributed by atoms with Gasteiger partial charge in [-0.15, -0.1) is 0 Å². The summed E-state index contributed by atoms with van der Waals surface area (Å²) in [4.78, 5) is 31.9. The van der Waals surface area contributed by atoms with Crippen LogP contribution >= 0.6 is 12.2 Å². The van der Waals surface area contributed by atoms with Crippen LogP contribution in [0.3, 0.4) is 0 Å². The minimum absolute atomic E-state index is 0.179. The highest BCUT2D eigenvalue weighted by atomic mass is 32.1. The molecule has 8 heteroatoms. The standard InChI is InChI=1S/C13H21N5O2S/c1-2-18-12(20)10(11(19)16-13(18)21)9-15-5-8-17-6-3-14-4-7-17/h9-10,14H,2-8H2,1H3,(H,16,19,21)/t10-/m1/s1. The van der Waals surface area contributed by atoms with E-state index in [0.717, 1.165) is 32.7 Å². The maximum atomic E-state index is 12.1. The molecule has 0 saturated carbocycles. The fraction of sp³-hybridized carbons (Fsp3) is 0.692. The molecule has 0 aromatic heterocycles. The van der Waals surface area contributed by atoms with Crippen molar-refractivity contribution in [3.63, 3.8) is 0 Å². The molecule has 0 bridgehead atoms. The third kappa shape index (κ3) is 4.05. The first kappa shape index (κ1) is 16.0. The van der Waals surface area contributed by atoms with Crippen LogP contribution in [0.25, 0.3) is 0 Å². The summed E-state index contributed by atoms with van der Waals surface area (Å²) < 4.78 is 0. The first-order chi connectivity index (χ1) is 10.1. The Morgan fingerprint density at radius 3 is 2.76 bits per heavy atom. The molecular formula is C13H21N5O2S. The van der Waals surface area contributed by atoms with Crippen LogP contribution in [0.2, 0.25) is 0 Å². The Labute approximate surface area is 129 Å². The SMILES string of the molecule is CCN1C(=O)[C@H](C=NCCN2CCNCC2)C(=O)NC1=S. The molecule has 1 atom stereocenters. The number of nitrogens with zero attached hydrogens (tertiary/aromatic N) is 3. The Morgan fingerprint density at radius 2 is 2.10 bits per heavy atom. The van der Waals surface area contributed by atoms with E-state index in [-0.39, 0.29) is 16.9 Å². The van der Waals surface area contributed by atoms with Gasteiger partial charge < -0.3 is 10.6 Å². The van der Waals surface area contributed by atoms with E-state index in [2.05, 4.69) is 20.5 Å². The minimum Gasteiger partial charge on any atom is -0.314 e. The summed E-state index contributed by atoms with van der Waals surface area (Å²) in [7, 11) is 0. The van der Waals surface area contributed by atoms with Crippen LogP contribution in [-0.2, 0) is 9.59 Å². The molecule has 2 N–H and O–H groups in total. The molecule has 2 fully saturated rings. The van der Waals surface area contributed by atoms with Gasteiger partial charge in [-0.25, -0.2) is 0 Å². The van der Waals surface area contributed by atoms with Gasteiger partial charge in [0.1, 0.15) is 0 Å². The molecule has 7 nitrogen and oxygen atoms in total. The van der Waals surface area contributed by atoms with Gasteiger partial charge in [-0.2, -0.15) is 0 Å². The third-order valence-corrected chi connectivity index (χ3v) is 3.94. The van der Waals surface area contributed by atoms with Gasteiger partial charge >= 0.3 is 0 Å². The largest absolute Gasteiger partial charge is 0.314 e. The van der Waals surface area contributed by atoms with Gasteiger partial charge in [0.05, 0.1) is 6.54 Å². The summed E-state index contributed by atoms with van der Waals surface area (Å²) in [5, 5.41) is 6.01. The van der Waals surface area contributed by atoms with E-state index in [9.17, 15) is 9.59 Å². The summed E-state index contributed by atoms with van der Waals surface area (Å²) in [5.74, 6) is -1.54. The third-order valence-electron chi connectivity index (χ3n) is 3.62. The molecule has 2 aliphatic heterocycles. The Hall–Kier alpha value is -1.38. The number of nitrogens with one attached hydrogen (secondary N) is 2.